The lowest BCUT2D eigenvalue weighted by Crippen LogP contribution is -2.09. The Kier molecular flexibility index (Phi) is 6.41. The van der Waals surface area contributed by atoms with E-state index in [4.69, 9.17) is 18.9 Å². The maximum atomic E-state index is 13.0. The van der Waals surface area contributed by atoms with Crippen LogP contribution in [0.25, 0.3) is 6.08 Å². The molecule has 174 valence electrons. The smallest absolute Gasteiger partial charge is 0.343 e. The third-order valence-corrected chi connectivity index (χ3v) is 5.67. The number of aryl methyl sites for hydroxylation is 1. The summed E-state index contributed by atoms with van der Waals surface area (Å²) in [5.41, 5.74) is 3.53. The maximum absolute atomic E-state index is 13.0. The Morgan fingerprint density at radius 1 is 0.941 bits per heavy atom. The van der Waals surface area contributed by atoms with Gasteiger partial charge in [-0.25, -0.2) is 4.79 Å². The molecule has 1 aliphatic rings. The van der Waals surface area contributed by atoms with E-state index in [2.05, 4.69) is 13.8 Å². The van der Waals surface area contributed by atoms with Gasteiger partial charge in [-0.1, -0.05) is 38.1 Å². The molecular formula is C28H26O6. The molecule has 3 aromatic carbocycles. The largest absolute Gasteiger partial charge is 0.493 e. The average Bonchev–Trinajstić information content (AvgIpc) is 3.14. The van der Waals surface area contributed by atoms with Crippen molar-refractivity contribution in [3.05, 3.63) is 88.2 Å². The molecule has 0 amide bonds. The molecule has 1 aliphatic heterocycles. The molecule has 4 rings (SSSR count). The lowest BCUT2D eigenvalue weighted by atomic mass is 10.0. The lowest BCUT2D eigenvalue weighted by Gasteiger charge is -2.10. The monoisotopic (exact) mass is 458 g/mol. The van der Waals surface area contributed by atoms with Crippen LogP contribution in [-0.2, 0) is 0 Å². The number of ether oxygens (including phenoxy) is 4. The molecule has 0 unspecified atom stereocenters. The molecule has 3 aromatic rings. The van der Waals surface area contributed by atoms with Gasteiger partial charge in [-0.3, -0.25) is 4.79 Å². The number of ketones is 1. The molecule has 0 saturated carbocycles. The first-order valence-corrected chi connectivity index (χ1v) is 10.9. The summed E-state index contributed by atoms with van der Waals surface area (Å²) >= 11 is 0. The van der Waals surface area contributed by atoms with E-state index >= 15 is 0 Å². The SMILES string of the molecule is COc1ccc(C(=O)Oc2cc(C)c3c(c2)O/C(=C\c2ccc(C(C)C)cc2)C3=O)cc1OC. The molecule has 0 bridgehead atoms. The van der Waals surface area contributed by atoms with Crippen molar-refractivity contribution in [2.75, 3.05) is 14.2 Å². The molecule has 0 atom stereocenters. The van der Waals surface area contributed by atoms with Crippen LogP contribution in [0.3, 0.4) is 0 Å². The molecule has 0 saturated heterocycles. The van der Waals surface area contributed by atoms with Crippen LogP contribution in [0.15, 0.2) is 60.4 Å². The first-order chi connectivity index (χ1) is 16.3. The number of rotatable bonds is 6. The Morgan fingerprint density at radius 3 is 2.29 bits per heavy atom. The van der Waals surface area contributed by atoms with E-state index in [1.165, 1.54) is 19.8 Å². The minimum Gasteiger partial charge on any atom is -0.493 e. The molecule has 0 spiro atoms. The first kappa shape index (κ1) is 23.1. The van der Waals surface area contributed by atoms with Crippen molar-refractivity contribution in [2.24, 2.45) is 0 Å². The Morgan fingerprint density at radius 2 is 1.65 bits per heavy atom. The third-order valence-electron chi connectivity index (χ3n) is 5.67. The number of hydrogen-bond donors (Lipinski definition) is 0. The van der Waals surface area contributed by atoms with Crippen LogP contribution in [0.2, 0.25) is 0 Å². The summed E-state index contributed by atoms with van der Waals surface area (Å²) in [6.07, 6.45) is 1.72. The molecule has 6 heteroatoms. The predicted octanol–water partition coefficient (Wildman–Crippen LogP) is 5.97. The number of methoxy groups -OCH3 is 2. The Labute approximate surface area is 198 Å². The topological polar surface area (TPSA) is 71.1 Å². The summed E-state index contributed by atoms with van der Waals surface area (Å²) < 4.78 is 21.9. The number of benzene rings is 3. The van der Waals surface area contributed by atoms with Crippen molar-refractivity contribution in [1.82, 2.24) is 0 Å². The minimum absolute atomic E-state index is 0.196. The maximum Gasteiger partial charge on any atom is 0.343 e. The van der Waals surface area contributed by atoms with E-state index < -0.39 is 5.97 Å². The van der Waals surface area contributed by atoms with Gasteiger partial charge in [-0.15, -0.1) is 0 Å². The van der Waals surface area contributed by atoms with Gasteiger partial charge in [-0.05, 0) is 59.9 Å². The first-order valence-electron chi connectivity index (χ1n) is 10.9. The summed E-state index contributed by atoms with van der Waals surface area (Å²) in [7, 11) is 3.02. The second-order valence-electron chi connectivity index (χ2n) is 8.33. The molecule has 0 aromatic heterocycles. The van der Waals surface area contributed by atoms with Gasteiger partial charge >= 0.3 is 5.97 Å². The average molecular weight is 459 g/mol. The molecular weight excluding hydrogens is 432 g/mol. The van der Waals surface area contributed by atoms with Crippen molar-refractivity contribution in [1.29, 1.82) is 0 Å². The number of esters is 1. The van der Waals surface area contributed by atoms with Gasteiger partial charge in [0.1, 0.15) is 11.5 Å². The molecule has 1 heterocycles. The zero-order valence-electron chi connectivity index (χ0n) is 19.8. The third kappa shape index (κ3) is 4.53. The second kappa shape index (κ2) is 9.43. The number of fused-ring (bicyclic) bond motifs is 1. The van der Waals surface area contributed by atoms with E-state index in [1.54, 1.807) is 43.3 Å². The van der Waals surface area contributed by atoms with Gasteiger partial charge in [0.25, 0.3) is 0 Å². The summed E-state index contributed by atoms with van der Waals surface area (Å²) in [5.74, 6) is 1.49. The highest BCUT2D eigenvalue weighted by molar-refractivity contribution is 6.15. The van der Waals surface area contributed by atoms with E-state index in [0.29, 0.717) is 39.9 Å². The van der Waals surface area contributed by atoms with E-state index in [1.807, 2.05) is 24.3 Å². The van der Waals surface area contributed by atoms with Gasteiger partial charge in [0.05, 0.1) is 25.3 Å². The fourth-order valence-electron chi connectivity index (χ4n) is 3.79. The number of hydrogen-bond acceptors (Lipinski definition) is 6. The minimum atomic E-state index is -0.564. The van der Waals surface area contributed by atoms with Crippen LogP contribution < -0.4 is 18.9 Å². The molecule has 6 nitrogen and oxygen atoms in total. The van der Waals surface area contributed by atoms with Crippen molar-refractivity contribution in [3.8, 4) is 23.0 Å². The van der Waals surface area contributed by atoms with Crippen LogP contribution in [-0.4, -0.2) is 26.0 Å². The zero-order valence-corrected chi connectivity index (χ0v) is 19.8. The summed E-state index contributed by atoms with van der Waals surface area (Å²) in [6, 6.07) is 16.0. The van der Waals surface area contributed by atoms with Gasteiger partial charge in [-0.2, -0.15) is 0 Å². The van der Waals surface area contributed by atoms with E-state index in [0.717, 1.165) is 5.56 Å². The van der Waals surface area contributed by atoms with Crippen LogP contribution in [0, 0.1) is 6.92 Å². The molecule has 0 fully saturated rings. The molecule has 0 radical (unpaired) electrons. The highest BCUT2D eigenvalue weighted by atomic mass is 16.5. The normalized spacial score (nSPS) is 13.6. The standard InChI is InChI=1S/C28H26O6/c1-16(2)19-8-6-18(7-9-19)13-25-27(29)26-17(3)12-21(15-24(26)34-25)33-28(30)20-10-11-22(31-4)23(14-20)32-5/h6-16H,1-5H3/b25-13-. The Hall–Kier alpha value is -4.06. The fraction of sp³-hybridized carbons (Fsp3) is 0.214. The van der Waals surface area contributed by atoms with Crippen molar-refractivity contribution >= 4 is 17.8 Å². The summed E-state index contributed by atoms with van der Waals surface area (Å²) in [6.45, 7) is 6.05. The Balaban J connectivity index is 1.56. The predicted molar refractivity (Wildman–Crippen MR) is 129 cm³/mol. The fourth-order valence-corrected chi connectivity index (χ4v) is 3.79. The van der Waals surface area contributed by atoms with Crippen LogP contribution in [0.5, 0.6) is 23.0 Å². The van der Waals surface area contributed by atoms with Crippen LogP contribution >= 0.6 is 0 Å². The molecule has 34 heavy (non-hydrogen) atoms. The van der Waals surface area contributed by atoms with Crippen molar-refractivity contribution in [2.45, 2.75) is 26.7 Å². The van der Waals surface area contributed by atoms with Gasteiger partial charge in [0.15, 0.2) is 17.3 Å². The molecule has 0 N–H and O–H groups in total. The molecule has 0 aliphatic carbocycles. The van der Waals surface area contributed by atoms with E-state index in [9.17, 15) is 9.59 Å². The van der Waals surface area contributed by atoms with Crippen molar-refractivity contribution in [3.63, 3.8) is 0 Å². The lowest BCUT2D eigenvalue weighted by molar-refractivity contribution is 0.0734. The van der Waals surface area contributed by atoms with E-state index in [-0.39, 0.29) is 17.3 Å². The van der Waals surface area contributed by atoms with Crippen LogP contribution in [0.1, 0.15) is 57.2 Å². The zero-order chi connectivity index (χ0) is 24.4. The van der Waals surface area contributed by atoms with Gasteiger partial charge < -0.3 is 18.9 Å². The summed E-state index contributed by atoms with van der Waals surface area (Å²) in [5, 5.41) is 0. The van der Waals surface area contributed by atoms with Gasteiger partial charge in [0.2, 0.25) is 5.78 Å². The van der Waals surface area contributed by atoms with Gasteiger partial charge in [0, 0.05) is 6.07 Å². The van der Waals surface area contributed by atoms with Crippen molar-refractivity contribution < 1.29 is 28.5 Å². The quantitative estimate of drug-likeness (QED) is 0.257. The number of carbonyl (C=O) groups is 2. The Bertz CT molecular complexity index is 1280. The van der Waals surface area contributed by atoms with Crippen LogP contribution in [0.4, 0.5) is 0 Å². The second-order valence-corrected chi connectivity index (χ2v) is 8.33. The number of allylic oxidation sites excluding steroid dienone is 1. The highest BCUT2D eigenvalue weighted by Gasteiger charge is 2.30. The highest BCUT2D eigenvalue weighted by Crippen LogP contribution is 2.38. The number of Topliss-reactive ketones (excluding diaryl/α,β-unsaturated/α-hetero) is 1. The number of carbonyl (C=O) groups excluding carboxylic acids is 2. The summed E-state index contributed by atoms with van der Waals surface area (Å²) in [4.78, 5) is 25.7.